The van der Waals surface area contributed by atoms with Crippen molar-refractivity contribution in [3.05, 3.63) is 0 Å². The lowest BCUT2D eigenvalue weighted by Crippen LogP contribution is -2.41. The third kappa shape index (κ3) is 7.13. The highest BCUT2D eigenvalue weighted by Crippen LogP contribution is 2.37. The first kappa shape index (κ1) is 18.8. The van der Waals surface area contributed by atoms with Gasteiger partial charge in [-0.15, -0.1) is 0 Å². The number of rotatable bonds is 4. The highest BCUT2D eigenvalue weighted by molar-refractivity contribution is 5.81. The molecule has 4 nitrogen and oxygen atoms in total. The monoisotopic (exact) mass is 323 g/mol. The zero-order valence-electron chi connectivity index (χ0n) is 13.3. The molecule has 1 aliphatic carbocycles. The van der Waals surface area contributed by atoms with Gasteiger partial charge in [-0.3, -0.25) is 9.59 Å². The van der Waals surface area contributed by atoms with Crippen LogP contribution in [0.3, 0.4) is 0 Å². The number of hydrogen-bond donors (Lipinski definition) is 1. The first-order valence-corrected chi connectivity index (χ1v) is 7.55. The molecule has 0 saturated heterocycles. The van der Waals surface area contributed by atoms with Gasteiger partial charge in [-0.2, -0.15) is 13.2 Å². The number of carbonyl (C=O) groups excluding carboxylic acids is 2. The minimum Gasteiger partial charge on any atom is -0.460 e. The van der Waals surface area contributed by atoms with Crippen molar-refractivity contribution in [2.75, 3.05) is 0 Å². The van der Waals surface area contributed by atoms with E-state index in [9.17, 15) is 22.8 Å². The molecule has 1 N–H and O–H groups in total. The summed E-state index contributed by atoms with van der Waals surface area (Å²) in [6.07, 6.45) is -3.32. The summed E-state index contributed by atoms with van der Waals surface area (Å²) in [4.78, 5) is 23.2. The average molecular weight is 323 g/mol. The fourth-order valence-electron chi connectivity index (χ4n) is 2.53. The van der Waals surface area contributed by atoms with Crippen molar-refractivity contribution in [3.8, 4) is 0 Å². The van der Waals surface area contributed by atoms with Crippen molar-refractivity contribution >= 4 is 11.9 Å². The normalized spacial score (nSPS) is 23.0. The summed E-state index contributed by atoms with van der Waals surface area (Å²) < 4.78 is 43.1. The summed E-state index contributed by atoms with van der Waals surface area (Å²) in [5.41, 5.74) is -0.614. The molecule has 0 radical (unpaired) electrons. The molecule has 0 heterocycles. The number of alkyl halides is 3. The molecule has 0 aromatic heterocycles. The largest absolute Gasteiger partial charge is 0.460 e. The maximum atomic E-state index is 12.7. The highest BCUT2D eigenvalue weighted by atomic mass is 19.4. The molecule has 0 aromatic rings. The number of esters is 1. The first-order chi connectivity index (χ1) is 9.97. The van der Waals surface area contributed by atoms with E-state index in [-0.39, 0.29) is 25.7 Å². The quantitative estimate of drug-likeness (QED) is 0.807. The number of ether oxygens (including phenoxy) is 1. The summed E-state index contributed by atoms with van der Waals surface area (Å²) in [6.45, 7) is 5.18. The number of nitrogens with one attached hydrogen (secondary N) is 1. The van der Waals surface area contributed by atoms with E-state index in [1.165, 1.54) is 0 Å². The van der Waals surface area contributed by atoms with Crippen molar-refractivity contribution in [1.82, 2.24) is 5.32 Å². The van der Waals surface area contributed by atoms with Gasteiger partial charge >= 0.3 is 12.1 Å². The molecule has 128 valence electrons. The van der Waals surface area contributed by atoms with Crippen LogP contribution in [0.4, 0.5) is 13.2 Å². The Labute approximate surface area is 128 Å². The Kier molecular flexibility index (Phi) is 6.26. The van der Waals surface area contributed by atoms with Crippen molar-refractivity contribution < 1.29 is 27.5 Å². The molecule has 1 fully saturated rings. The summed E-state index contributed by atoms with van der Waals surface area (Å²) in [5.74, 6) is -2.24. The number of carbonyl (C=O) groups is 2. The van der Waals surface area contributed by atoms with E-state index < -0.39 is 35.6 Å². The highest BCUT2D eigenvalue weighted by Gasteiger charge is 2.42. The molecule has 22 heavy (non-hydrogen) atoms. The Morgan fingerprint density at radius 2 is 1.77 bits per heavy atom. The third-order valence-corrected chi connectivity index (χ3v) is 3.48. The standard InChI is InChI=1S/C15H24F3NO3/c1-14(2,3)22-13(21)8-7-12(20)19-11-6-4-5-10(9-11)15(16,17)18/h10-11H,4-9H2,1-3H3,(H,19,20)/t10-,11+/m0/s1. The van der Waals surface area contributed by atoms with E-state index in [4.69, 9.17) is 4.74 Å². The molecule has 0 bridgehead atoms. The first-order valence-electron chi connectivity index (χ1n) is 7.55. The second-order valence-electron chi connectivity index (χ2n) is 6.76. The summed E-state index contributed by atoms with van der Waals surface area (Å²) in [6, 6.07) is -0.466. The zero-order valence-corrected chi connectivity index (χ0v) is 13.3. The SMILES string of the molecule is CC(C)(C)OC(=O)CCC(=O)N[C@@H]1CCC[C@H](C(F)(F)F)C1. The van der Waals surface area contributed by atoms with Crippen LogP contribution in [0.25, 0.3) is 0 Å². The van der Waals surface area contributed by atoms with Gasteiger partial charge in [-0.25, -0.2) is 0 Å². The lowest BCUT2D eigenvalue weighted by Gasteiger charge is -2.31. The molecule has 0 spiro atoms. The Morgan fingerprint density at radius 3 is 2.32 bits per heavy atom. The van der Waals surface area contributed by atoms with Gasteiger partial charge in [0.25, 0.3) is 0 Å². The Hall–Kier alpha value is -1.27. The summed E-state index contributed by atoms with van der Waals surface area (Å²) in [7, 11) is 0. The molecule has 1 saturated carbocycles. The topological polar surface area (TPSA) is 55.4 Å². The number of amides is 1. The zero-order chi connectivity index (χ0) is 17.0. The van der Waals surface area contributed by atoms with Crippen LogP contribution in [0, 0.1) is 5.92 Å². The minimum atomic E-state index is -4.21. The molecule has 1 rings (SSSR count). The second kappa shape index (κ2) is 7.33. The van der Waals surface area contributed by atoms with Gasteiger partial charge < -0.3 is 10.1 Å². The predicted molar refractivity (Wildman–Crippen MR) is 75.0 cm³/mol. The van der Waals surface area contributed by atoms with Crippen LogP contribution in [0.2, 0.25) is 0 Å². The number of hydrogen-bond acceptors (Lipinski definition) is 3. The van der Waals surface area contributed by atoms with Crippen LogP contribution in [-0.2, 0) is 14.3 Å². The Bertz CT molecular complexity index is 402. The van der Waals surface area contributed by atoms with Gasteiger partial charge in [0.15, 0.2) is 0 Å². The van der Waals surface area contributed by atoms with Crippen LogP contribution in [0.15, 0.2) is 0 Å². The van der Waals surface area contributed by atoms with E-state index in [0.29, 0.717) is 12.8 Å². The van der Waals surface area contributed by atoms with Crippen molar-refractivity contribution in [3.63, 3.8) is 0 Å². The average Bonchev–Trinajstić information content (AvgIpc) is 2.34. The predicted octanol–water partition coefficient (Wildman–Crippen LogP) is 3.35. The van der Waals surface area contributed by atoms with Gasteiger partial charge in [0.05, 0.1) is 12.3 Å². The Balaban J connectivity index is 2.34. The fraction of sp³-hybridized carbons (Fsp3) is 0.867. The molecule has 0 aliphatic heterocycles. The van der Waals surface area contributed by atoms with E-state index in [1.54, 1.807) is 20.8 Å². The van der Waals surface area contributed by atoms with Gasteiger partial charge in [0.1, 0.15) is 5.60 Å². The van der Waals surface area contributed by atoms with Crippen molar-refractivity contribution in [1.29, 1.82) is 0 Å². The molecule has 1 amide bonds. The maximum Gasteiger partial charge on any atom is 0.391 e. The molecule has 0 aromatic carbocycles. The van der Waals surface area contributed by atoms with Crippen LogP contribution in [0.5, 0.6) is 0 Å². The van der Waals surface area contributed by atoms with E-state index in [1.807, 2.05) is 0 Å². The molecular formula is C15H24F3NO3. The van der Waals surface area contributed by atoms with Gasteiger partial charge in [-0.1, -0.05) is 6.42 Å². The van der Waals surface area contributed by atoms with Gasteiger partial charge in [-0.05, 0) is 40.0 Å². The second-order valence-corrected chi connectivity index (χ2v) is 6.76. The van der Waals surface area contributed by atoms with Crippen LogP contribution < -0.4 is 5.32 Å². The number of halogens is 3. The summed E-state index contributed by atoms with van der Waals surface area (Å²) in [5, 5.41) is 2.59. The smallest absolute Gasteiger partial charge is 0.391 e. The van der Waals surface area contributed by atoms with Gasteiger partial charge in [0, 0.05) is 12.5 Å². The van der Waals surface area contributed by atoms with Crippen LogP contribution in [0.1, 0.15) is 59.3 Å². The van der Waals surface area contributed by atoms with E-state index >= 15 is 0 Å². The molecule has 7 heteroatoms. The minimum absolute atomic E-state index is 0.0674. The van der Waals surface area contributed by atoms with Crippen molar-refractivity contribution in [2.24, 2.45) is 5.92 Å². The molecule has 0 unspecified atom stereocenters. The van der Waals surface area contributed by atoms with Crippen LogP contribution in [-0.4, -0.2) is 29.7 Å². The lowest BCUT2D eigenvalue weighted by molar-refractivity contribution is -0.184. The summed E-state index contributed by atoms with van der Waals surface area (Å²) >= 11 is 0. The van der Waals surface area contributed by atoms with E-state index in [2.05, 4.69) is 5.32 Å². The fourth-order valence-corrected chi connectivity index (χ4v) is 2.53. The third-order valence-electron chi connectivity index (χ3n) is 3.48. The van der Waals surface area contributed by atoms with E-state index in [0.717, 1.165) is 0 Å². The maximum absolute atomic E-state index is 12.7. The van der Waals surface area contributed by atoms with Crippen molar-refractivity contribution in [2.45, 2.75) is 77.1 Å². The van der Waals surface area contributed by atoms with Crippen LogP contribution >= 0.6 is 0 Å². The molecular weight excluding hydrogens is 299 g/mol. The van der Waals surface area contributed by atoms with Gasteiger partial charge in [0.2, 0.25) is 5.91 Å². The lowest BCUT2D eigenvalue weighted by atomic mass is 9.85. The molecule has 2 atom stereocenters. The molecule has 1 aliphatic rings. The Morgan fingerprint density at radius 1 is 1.14 bits per heavy atom.